The van der Waals surface area contributed by atoms with Gasteiger partial charge in [0, 0.05) is 17.2 Å². The number of nitrogens with one attached hydrogen (secondary N) is 1. The second-order valence-electron chi connectivity index (χ2n) is 6.31. The molecule has 2 aliphatic carbocycles. The topological polar surface area (TPSA) is 55.1 Å². The Morgan fingerprint density at radius 3 is 2.90 bits per heavy atom. The van der Waals surface area contributed by atoms with Gasteiger partial charge in [0.15, 0.2) is 0 Å². The van der Waals surface area contributed by atoms with Gasteiger partial charge in [-0.1, -0.05) is 24.3 Å². The highest BCUT2D eigenvalue weighted by Gasteiger charge is 2.43. The van der Waals surface area contributed by atoms with Crippen LogP contribution in [-0.4, -0.2) is 12.5 Å². The van der Waals surface area contributed by atoms with Crippen LogP contribution in [0.15, 0.2) is 18.2 Å². The molecule has 0 spiro atoms. The second-order valence-corrected chi connectivity index (χ2v) is 6.31. The number of rotatable bonds is 2. The number of anilines is 1. The molecular weight excluding hydrogens is 260 g/mol. The van der Waals surface area contributed by atoms with Crippen LogP contribution < -0.4 is 11.1 Å². The van der Waals surface area contributed by atoms with Gasteiger partial charge in [-0.25, -0.2) is 0 Å². The number of fused-ring (bicyclic) bond motifs is 2. The first-order valence-electron chi connectivity index (χ1n) is 7.78. The van der Waals surface area contributed by atoms with E-state index in [1.54, 1.807) is 0 Å². The van der Waals surface area contributed by atoms with E-state index in [1.165, 1.54) is 19.3 Å². The van der Waals surface area contributed by atoms with Crippen LogP contribution in [-0.2, 0) is 4.79 Å². The highest BCUT2D eigenvalue weighted by atomic mass is 16.1. The summed E-state index contributed by atoms with van der Waals surface area (Å²) < 4.78 is 0. The van der Waals surface area contributed by atoms with Gasteiger partial charge in [-0.15, -0.1) is 0 Å². The van der Waals surface area contributed by atoms with E-state index in [0.717, 1.165) is 29.2 Å². The van der Waals surface area contributed by atoms with Crippen LogP contribution in [0.2, 0.25) is 0 Å². The maximum atomic E-state index is 12.5. The van der Waals surface area contributed by atoms with E-state index in [0.29, 0.717) is 12.5 Å². The molecule has 3 heteroatoms. The molecule has 3 unspecified atom stereocenters. The summed E-state index contributed by atoms with van der Waals surface area (Å²) in [5, 5.41) is 3.12. The number of benzene rings is 1. The monoisotopic (exact) mass is 282 g/mol. The minimum absolute atomic E-state index is 0.189. The van der Waals surface area contributed by atoms with Gasteiger partial charge in [0.25, 0.3) is 0 Å². The zero-order chi connectivity index (χ0) is 14.8. The minimum Gasteiger partial charge on any atom is -0.326 e. The molecule has 0 radical (unpaired) electrons. The third kappa shape index (κ3) is 2.96. The van der Waals surface area contributed by atoms with Crippen molar-refractivity contribution in [1.29, 1.82) is 0 Å². The van der Waals surface area contributed by atoms with Gasteiger partial charge in [-0.2, -0.15) is 0 Å². The standard InChI is InChI=1S/C18H22N2O/c1-12-4-5-13(3-2-8-19)11-17(12)20-18(21)16-10-14-6-7-15(16)9-14/h4-5,11,14-16H,6-10,19H2,1H3,(H,20,21). The SMILES string of the molecule is Cc1ccc(C#CCN)cc1NC(=O)C1CC2CCC1C2. The number of hydrogen-bond donors (Lipinski definition) is 2. The summed E-state index contributed by atoms with van der Waals surface area (Å²) in [5.41, 5.74) is 8.25. The lowest BCUT2D eigenvalue weighted by Crippen LogP contribution is -2.27. The van der Waals surface area contributed by atoms with E-state index in [2.05, 4.69) is 17.2 Å². The summed E-state index contributed by atoms with van der Waals surface area (Å²) >= 11 is 0. The van der Waals surface area contributed by atoms with E-state index in [-0.39, 0.29) is 11.8 Å². The Hall–Kier alpha value is -1.79. The van der Waals surface area contributed by atoms with Gasteiger partial charge in [0.05, 0.1) is 6.54 Å². The Labute approximate surface area is 126 Å². The van der Waals surface area contributed by atoms with Crippen LogP contribution >= 0.6 is 0 Å². The average Bonchev–Trinajstić information content (AvgIpc) is 3.10. The summed E-state index contributed by atoms with van der Waals surface area (Å²) in [4.78, 5) is 12.5. The summed E-state index contributed by atoms with van der Waals surface area (Å²) in [6.07, 6.45) is 4.86. The van der Waals surface area contributed by atoms with Gasteiger partial charge in [0.1, 0.15) is 0 Å². The van der Waals surface area contributed by atoms with Crippen molar-refractivity contribution in [3.8, 4) is 11.8 Å². The Bertz CT molecular complexity index is 611. The van der Waals surface area contributed by atoms with Crippen molar-refractivity contribution in [2.24, 2.45) is 23.5 Å². The molecule has 3 nitrogen and oxygen atoms in total. The molecule has 3 N–H and O–H groups in total. The molecular formula is C18H22N2O. The van der Waals surface area contributed by atoms with Gasteiger partial charge in [-0.3, -0.25) is 4.79 Å². The largest absolute Gasteiger partial charge is 0.326 e. The lowest BCUT2D eigenvalue weighted by molar-refractivity contribution is -0.121. The van der Waals surface area contributed by atoms with Crippen LogP contribution in [0.25, 0.3) is 0 Å². The van der Waals surface area contributed by atoms with Crippen molar-refractivity contribution in [2.75, 3.05) is 11.9 Å². The number of nitrogens with two attached hydrogens (primary N) is 1. The number of aryl methyl sites for hydroxylation is 1. The molecule has 0 aromatic heterocycles. The van der Waals surface area contributed by atoms with E-state index in [4.69, 9.17) is 5.73 Å². The summed E-state index contributed by atoms with van der Waals surface area (Å²) in [6.45, 7) is 2.36. The number of hydrogen-bond acceptors (Lipinski definition) is 2. The third-order valence-corrected chi connectivity index (χ3v) is 4.91. The van der Waals surface area contributed by atoms with E-state index in [9.17, 15) is 4.79 Å². The molecule has 2 fully saturated rings. The fourth-order valence-corrected chi connectivity index (χ4v) is 3.78. The summed E-state index contributed by atoms with van der Waals surface area (Å²) in [7, 11) is 0. The van der Waals surface area contributed by atoms with E-state index in [1.807, 2.05) is 25.1 Å². The first-order valence-corrected chi connectivity index (χ1v) is 7.78. The van der Waals surface area contributed by atoms with Crippen LogP contribution in [0.5, 0.6) is 0 Å². The average molecular weight is 282 g/mol. The maximum Gasteiger partial charge on any atom is 0.227 e. The number of carbonyl (C=O) groups excluding carboxylic acids is 1. The highest BCUT2D eigenvalue weighted by Crippen LogP contribution is 2.48. The molecule has 21 heavy (non-hydrogen) atoms. The highest BCUT2D eigenvalue weighted by molar-refractivity contribution is 5.94. The van der Waals surface area contributed by atoms with Crippen molar-refractivity contribution >= 4 is 11.6 Å². The third-order valence-electron chi connectivity index (χ3n) is 4.91. The molecule has 0 saturated heterocycles. The van der Waals surface area contributed by atoms with Crippen LogP contribution in [0.1, 0.15) is 36.8 Å². The van der Waals surface area contributed by atoms with Crippen molar-refractivity contribution in [3.63, 3.8) is 0 Å². The predicted molar refractivity (Wildman–Crippen MR) is 84.7 cm³/mol. The lowest BCUT2D eigenvalue weighted by atomic mass is 9.88. The zero-order valence-corrected chi connectivity index (χ0v) is 12.5. The molecule has 0 heterocycles. The molecule has 110 valence electrons. The molecule has 2 bridgehead atoms. The Morgan fingerprint density at radius 2 is 2.24 bits per heavy atom. The van der Waals surface area contributed by atoms with Crippen molar-refractivity contribution in [2.45, 2.75) is 32.6 Å². The summed E-state index contributed by atoms with van der Waals surface area (Å²) in [6, 6.07) is 5.91. The van der Waals surface area contributed by atoms with Gasteiger partial charge in [0.2, 0.25) is 5.91 Å². The zero-order valence-electron chi connectivity index (χ0n) is 12.5. The maximum absolute atomic E-state index is 12.5. The molecule has 1 amide bonds. The van der Waals surface area contributed by atoms with Crippen LogP contribution in [0.4, 0.5) is 5.69 Å². The Morgan fingerprint density at radius 1 is 1.38 bits per heavy atom. The molecule has 2 aliphatic rings. The first kappa shape index (κ1) is 14.2. The van der Waals surface area contributed by atoms with E-state index >= 15 is 0 Å². The van der Waals surface area contributed by atoms with Crippen molar-refractivity contribution in [3.05, 3.63) is 29.3 Å². The second kappa shape index (κ2) is 5.91. The summed E-state index contributed by atoms with van der Waals surface area (Å²) in [5.74, 6) is 7.65. The van der Waals surface area contributed by atoms with Gasteiger partial charge < -0.3 is 11.1 Å². The van der Waals surface area contributed by atoms with Gasteiger partial charge >= 0.3 is 0 Å². The predicted octanol–water partition coefficient (Wildman–Crippen LogP) is 2.68. The van der Waals surface area contributed by atoms with E-state index < -0.39 is 0 Å². The molecule has 3 rings (SSSR count). The number of amides is 1. The molecule has 1 aromatic rings. The first-order chi connectivity index (χ1) is 10.2. The number of carbonyl (C=O) groups is 1. The minimum atomic E-state index is 0.189. The quantitative estimate of drug-likeness (QED) is 0.819. The molecule has 1 aromatic carbocycles. The molecule has 0 aliphatic heterocycles. The fraction of sp³-hybridized carbons (Fsp3) is 0.500. The van der Waals surface area contributed by atoms with Crippen molar-refractivity contribution in [1.82, 2.24) is 0 Å². The van der Waals surface area contributed by atoms with Crippen LogP contribution in [0, 0.1) is 36.5 Å². The Balaban J connectivity index is 1.73. The molecule has 3 atom stereocenters. The normalized spacial score (nSPS) is 26.3. The van der Waals surface area contributed by atoms with Gasteiger partial charge in [-0.05, 0) is 55.7 Å². The Kier molecular flexibility index (Phi) is 3.98. The fourth-order valence-electron chi connectivity index (χ4n) is 3.78. The lowest BCUT2D eigenvalue weighted by Gasteiger charge is -2.21. The molecule has 2 saturated carbocycles. The van der Waals surface area contributed by atoms with Crippen LogP contribution in [0.3, 0.4) is 0 Å². The smallest absolute Gasteiger partial charge is 0.227 e. The van der Waals surface area contributed by atoms with Crippen molar-refractivity contribution < 1.29 is 4.79 Å².